The van der Waals surface area contributed by atoms with Crippen LogP contribution >= 0.6 is 0 Å². The summed E-state index contributed by atoms with van der Waals surface area (Å²) in [6.07, 6.45) is -1.80. The zero-order valence-electron chi connectivity index (χ0n) is 24.1. The summed E-state index contributed by atoms with van der Waals surface area (Å²) in [5.74, 6) is -8.14. The van der Waals surface area contributed by atoms with Crippen LogP contribution in [0.3, 0.4) is 0 Å². The van der Waals surface area contributed by atoms with Crippen LogP contribution in [0.15, 0.2) is 48.7 Å². The van der Waals surface area contributed by atoms with Crippen LogP contribution in [-0.4, -0.2) is 36.8 Å². The van der Waals surface area contributed by atoms with Crippen LogP contribution in [0.2, 0.25) is 0 Å². The van der Waals surface area contributed by atoms with E-state index in [1.54, 1.807) is 24.3 Å². The van der Waals surface area contributed by atoms with E-state index in [1.807, 2.05) is 0 Å². The fraction of sp³-hybridized carbons (Fsp3) is 0.281. The molecule has 0 radical (unpaired) electrons. The number of halogens is 6. The molecular formula is C32H23F6N7O2. The van der Waals surface area contributed by atoms with Crippen molar-refractivity contribution in [3.05, 3.63) is 99.6 Å². The molecule has 3 aliphatic rings. The largest absolute Gasteiger partial charge is 0.348 e. The first kappa shape index (κ1) is 29.2. The van der Waals surface area contributed by atoms with Gasteiger partial charge >= 0.3 is 0 Å². The SMILES string of the molecule is O=C(Cn1nc(C(F)F)c2c1C(F)(F)C1C[C@H]21)NC(Cc1cc(F)cc(F)c1)c1nc2cn[nH]c2cc1-c1cccc2c1CNC2=O. The van der Waals surface area contributed by atoms with Crippen LogP contribution in [0, 0.1) is 17.6 Å². The molecule has 9 nitrogen and oxygen atoms in total. The molecule has 2 unspecified atom stereocenters. The van der Waals surface area contributed by atoms with Crippen molar-refractivity contribution < 1.29 is 35.9 Å². The van der Waals surface area contributed by atoms with Gasteiger partial charge in [0, 0.05) is 35.2 Å². The van der Waals surface area contributed by atoms with Gasteiger partial charge in [-0.15, -0.1) is 0 Å². The number of amides is 2. The van der Waals surface area contributed by atoms with E-state index in [-0.39, 0.29) is 42.1 Å². The number of carbonyl (C=O) groups excluding carboxylic acids is 2. The van der Waals surface area contributed by atoms with Crippen LogP contribution in [0.4, 0.5) is 26.3 Å². The number of nitrogens with one attached hydrogen (secondary N) is 3. The Morgan fingerprint density at radius 1 is 1.06 bits per heavy atom. The lowest BCUT2D eigenvalue weighted by Gasteiger charge is -2.23. The summed E-state index contributed by atoms with van der Waals surface area (Å²) in [6, 6.07) is 8.56. The summed E-state index contributed by atoms with van der Waals surface area (Å²) in [5.41, 5.74) is 1.78. The fourth-order valence-corrected chi connectivity index (χ4v) is 7.01. The van der Waals surface area contributed by atoms with Crippen molar-refractivity contribution in [2.24, 2.45) is 5.92 Å². The molecule has 3 N–H and O–H groups in total. The number of carbonyl (C=O) groups is 2. The number of aromatic amines is 1. The Bertz CT molecular complexity index is 2110. The van der Waals surface area contributed by atoms with Gasteiger partial charge in [-0.05, 0) is 59.7 Å². The van der Waals surface area contributed by atoms with E-state index in [2.05, 4.69) is 25.9 Å². The van der Waals surface area contributed by atoms with Crippen LogP contribution in [-0.2, 0) is 30.2 Å². The van der Waals surface area contributed by atoms with Crippen molar-refractivity contribution in [2.75, 3.05) is 0 Å². The van der Waals surface area contributed by atoms with Gasteiger partial charge in [-0.3, -0.25) is 19.4 Å². The van der Waals surface area contributed by atoms with E-state index >= 15 is 8.78 Å². The van der Waals surface area contributed by atoms with Gasteiger partial charge in [-0.1, -0.05) is 12.1 Å². The van der Waals surface area contributed by atoms with E-state index in [1.165, 1.54) is 6.20 Å². The first-order chi connectivity index (χ1) is 22.5. The van der Waals surface area contributed by atoms with Crippen molar-refractivity contribution in [1.82, 2.24) is 35.6 Å². The van der Waals surface area contributed by atoms with Crippen molar-refractivity contribution in [2.45, 2.75) is 50.2 Å². The maximum atomic E-state index is 15.2. The van der Waals surface area contributed by atoms with Gasteiger partial charge in [0.2, 0.25) is 5.91 Å². The summed E-state index contributed by atoms with van der Waals surface area (Å²) >= 11 is 0. The van der Waals surface area contributed by atoms with Gasteiger partial charge in [-0.25, -0.2) is 22.5 Å². The second-order valence-corrected chi connectivity index (χ2v) is 12.0. The topological polar surface area (TPSA) is 118 Å². The second kappa shape index (κ2) is 10.4. The third kappa shape index (κ3) is 4.74. The minimum atomic E-state index is -3.43. The number of pyridine rings is 1. The van der Waals surface area contributed by atoms with Gasteiger partial charge in [-0.2, -0.15) is 19.0 Å². The number of nitrogens with zero attached hydrogens (tertiary/aromatic N) is 4. The molecule has 2 aliphatic carbocycles. The molecule has 1 fully saturated rings. The van der Waals surface area contributed by atoms with Crippen molar-refractivity contribution in [3.63, 3.8) is 0 Å². The van der Waals surface area contributed by atoms with Gasteiger partial charge in [0.15, 0.2) is 0 Å². The highest BCUT2D eigenvalue weighted by atomic mass is 19.3. The summed E-state index contributed by atoms with van der Waals surface area (Å²) in [7, 11) is 0. The maximum absolute atomic E-state index is 15.2. The number of H-pyrrole nitrogens is 1. The third-order valence-corrected chi connectivity index (χ3v) is 9.08. The van der Waals surface area contributed by atoms with E-state index in [9.17, 15) is 27.2 Å². The molecule has 0 spiro atoms. The molecule has 2 aromatic carbocycles. The molecule has 5 aromatic rings. The van der Waals surface area contributed by atoms with Crippen LogP contribution in [0.1, 0.15) is 68.9 Å². The maximum Gasteiger partial charge on any atom is 0.293 e. The third-order valence-electron chi connectivity index (χ3n) is 9.08. The van der Waals surface area contributed by atoms with Crippen LogP contribution in [0.25, 0.3) is 22.2 Å². The average molecular weight is 652 g/mol. The van der Waals surface area contributed by atoms with E-state index in [4.69, 9.17) is 4.98 Å². The van der Waals surface area contributed by atoms with Gasteiger partial charge < -0.3 is 10.6 Å². The molecule has 240 valence electrons. The lowest BCUT2D eigenvalue weighted by atomic mass is 9.91. The first-order valence-electron chi connectivity index (χ1n) is 14.8. The number of aromatic nitrogens is 5. The monoisotopic (exact) mass is 651 g/mol. The Balaban J connectivity index is 1.22. The highest BCUT2D eigenvalue weighted by Gasteiger charge is 2.67. The molecule has 4 heterocycles. The van der Waals surface area contributed by atoms with Gasteiger partial charge in [0.05, 0.1) is 23.4 Å². The summed E-state index contributed by atoms with van der Waals surface area (Å²) in [6.45, 7) is -0.607. The van der Waals surface area contributed by atoms with Crippen molar-refractivity contribution in [1.29, 1.82) is 0 Å². The molecule has 3 aromatic heterocycles. The van der Waals surface area contributed by atoms with E-state index in [0.717, 1.165) is 12.1 Å². The van der Waals surface area contributed by atoms with Crippen molar-refractivity contribution in [3.8, 4) is 11.1 Å². The molecule has 3 atom stereocenters. The number of hydrogen-bond acceptors (Lipinski definition) is 5. The Labute approximate surface area is 261 Å². The lowest BCUT2D eigenvalue weighted by Crippen LogP contribution is -2.35. The highest BCUT2D eigenvalue weighted by molar-refractivity contribution is 6.01. The number of hydrogen-bond donors (Lipinski definition) is 3. The predicted octanol–water partition coefficient (Wildman–Crippen LogP) is 5.59. The molecule has 8 rings (SSSR count). The summed E-state index contributed by atoms with van der Waals surface area (Å²) in [5, 5.41) is 16.1. The normalized spacial score (nSPS) is 19.4. The quantitative estimate of drug-likeness (QED) is 0.189. The molecule has 1 saturated carbocycles. The molecule has 15 heteroatoms. The van der Waals surface area contributed by atoms with E-state index < -0.39 is 65.7 Å². The zero-order chi connectivity index (χ0) is 32.8. The minimum Gasteiger partial charge on any atom is -0.348 e. The Morgan fingerprint density at radius 2 is 1.83 bits per heavy atom. The summed E-state index contributed by atoms with van der Waals surface area (Å²) < 4.78 is 87.3. The predicted molar refractivity (Wildman–Crippen MR) is 153 cm³/mol. The Hall–Kier alpha value is -5.21. The van der Waals surface area contributed by atoms with Gasteiger partial charge in [0.25, 0.3) is 18.3 Å². The molecule has 1 aliphatic heterocycles. The summed E-state index contributed by atoms with van der Waals surface area (Å²) in [4.78, 5) is 30.9. The highest BCUT2D eigenvalue weighted by Crippen LogP contribution is 2.68. The second-order valence-electron chi connectivity index (χ2n) is 12.0. The van der Waals surface area contributed by atoms with Crippen LogP contribution in [0.5, 0.6) is 0 Å². The zero-order valence-corrected chi connectivity index (χ0v) is 24.1. The number of benzene rings is 2. The standard InChI is InChI=1S/C32H23F6N7O2/c33-14-4-13(5-15(34)7-14)6-23(41-25(46)12-45-29-26(28(44-45)30(35)36)19-8-21(19)32(29,37)38)27-18(9-22-24(42-27)11-40-43-22)16-2-1-3-17-20(16)10-39-31(17)47/h1-5,7,9,11,19,21,23,30H,6,8,10,12H2,(H,39,47)(H,40,43)(H,41,46)/t19-,21?,23?/m0/s1. The number of alkyl halides is 4. The molecule has 2 amide bonds. The smallest absolute Gasteiger partial charge is 0.293 e. The lowest BCUT2D eigenvalue weighted by molar-refractivity contribution is -0.123. The van der Waals surface area contributed by atoms with Crippen molar-refractivity contribution >= 4 is 22.8 Å². The molecule has 47 heavy (non-hydrogen) atoms. The Morgan fingerprint density at radius 3 is 2.60 bits per heavy atom. The first-order valence-corrected chi connectivity index (χ1v) is 14.8. The van der Waals surface area contributed by atoms with Crippen LogP contribution < -0.4 is 10.6 Å². The number of rotatable bonds is 8. The fourth-order valence-electron chi connectivity index (χ4n) is 7.01. The Kier molecular flexibility index (Phi) is 6.47. The molecular weight excluding hydrogens is 628 g/mol. The minimum absolute atomic E-state index is 0.0686. The van der Waals surface area contributed by atoms with Gasteiger partial charge in [0.1, 0.15) is 35.1 Å². The molecule has 0 saturated heterocycles. The number of fused-ring (bicyclic) bond motifs is 5. The molecule has 0 bridgehead atoms. The average Bonchev–Trinajstić information content (AvgIpc) is 3.25. The van der Waals surface area contributed by atoms with E-state index in [0.29, 0.717) is 44.0 Å².